The molecular weight excluding hydrogens is 518 g/mol. The third-order valence-corrected chi connectivity index (χ3v) is 7.08. The Labute approximate surface area is 231 Å². The van der Waals surface area contributed by atoms with Crippen LogP contribution in [0.4, 0.5) is 0 Å². The van der Waals surface area contributed by atoms with E-state index in [9.17, 15) is 0 Å². The maximum Gasteiger partial charge on any atom is 0.188 e. The van der Waals surface area contributed by atoms with Crippen molar-refractivity contribution in [1.82, 2.24) is 92.3 Å². The maximum atomic E-state index is 4.79. The molecule has 2 aliphatic heterocycles. The number of hydrazine groups is 1. The number of tetrazole rings is 3. The summed E-state index contributed by atoms with van der Waals surface area (Å²) in [5.74, 6) is 3.07. The quantitative estimate of drug-likeness (QED) is 0.182. The van der Waals surface area contributed by atoms with Gasteiger partial charge in [-0.15, -0.1) is 30.6 Å². The van der Waals surface area contributed by atoms with Crippen LogP contribution in [0.3, 0.4) is 0 Å². The largest absolute Gasteiger partial charge is 0.306 e. The average Bonchev–Trinajstić information content (AvgIpc) is 3.78. The van der Waals surface area contributed by atoms with Gasteiger partial charge >= 0.3 is 0 Å². The van der Waals surface area contributed by atoms with Crippen LogP contribution in [-0.4, -0.2) is 152 Å². The summed E-state index contributed by atoms with van der Waals surface area (Å²) >= 11 is 0. The summed E-state index contributed by atoms with van der Waals surface area (Å²) in [6, 6.07) is 0. The lowest BCUT2D eigenvalue weighted by Gasteiger charge is -2.31. The number of amidine groups is 1. The second-order valence-electron chi connectivity index (χ2n) is 10.1. The lowest BCUT2D eigenvalue weighted by Crippen LogP contribution is -2.44. The van der Waals surface area contributed by atoms with Gasteiger partial charge in [0, 0.05) is 26.2 Å². The van der Waals surface area contributed by atoms with Crippen molar-refractivity contribution in [3.8, 4) is 0 Å². The van der Waals surface area contributed by atoms with Crippen molar-refractivity contribution >= 4 is 5.84 Å². The predicted molar refractivity (Wildman–Crippen MR) is 142 cm³/mol. The molecule has 1 unspecified atom stereocenters. The Hall–Kier alpha value is -3.52. The molecule has 19 heteroatoms. The first kappa shape index (κ1) is 28.0. The number of nitrogens with one attached hydrogen (secondary N) is 5. The number of hydrogen-bond acceptors (Lipinski definition) is 16. The highest BCUT2D eigenvalue weighted by molar-refractivity contribution is 5.85. The van der Waals surface area contributed by atoms with E-state index >= 15 is 0 Å². The molecular formula is C21H39N19. The molecule has 5 heterocycles. The Morgan fingerprint density at radius 2 is 1.02 bits per heavy atom. The molecule has 1 fully saturated rings. The van der Waals surface area contributed by atoms with E-state index in [2.05, 4.69) is 99.2 Å². The van der Waals surface area contributed by atoms with Crippen LogP contribution in [0.25, 0.3) is 0 Å². The topological polar surface area (TPSA) is 213 Å². The maximum absolute atomic E-state index is 4.79. The van der Waals surface area contributed by atoms with Gasteiger partial charge in [-0.25, -0.2) is 10.4 Å². The number of aliphatic imine (C=N–C) groups is 1. The summed E-state index contributed by atoms with van der Waals surface area (Å²) in [6.45, 7) is 11.9. The fourth-order valence-electron chi connectivity index (χ4n) is 4.93. The van der Waals surface area contributed by atoms with Crippen molar-refractivity contribution in [1.29, 1.82) is 0 Å². The lowest BCUT2D eigenvalue weighted by atomic mass is 10.2. The minimum absolute atomic E-state index is 0.130. The molecule has 19 nitrogen and oxygen atoms in total. The fourth-order valence-corrected chi connectivity index (χ4v) is 4.93. The van der Waals surface area contributed by atoms with Gasteiger partial charge in [0.2, 0.25) is 0 Å². The third kappa shape index (κ3) is 8.74. The highest BCUT2D eigenvalue weighted by Crippen LogP contribution is 2.08. The van der Waals surface area contributed by atoms with Crippen LogP contribution < -0.4 is 10.9 Å². The Morgan fingerprint density at radius 1 is 0.600 bits per heavy atom. The molecule has 0 amide bonds. The van der Waals surface area contributed by atoms with E-state index in [1.165, 1.54) is 0 Å². The van der Waals surface area contributed by atoms with E-state index in [0.717, 1.165) is 84.0 Å². The van der Waals surface area contributed by atoms with Gasteiger partial charge in [0.05, 0.1) is 26.2 Å². The summed E-state index contributed by atoms with van der Waals surface area (Å²) in [6.07, 6.45) is 3.04. The number of aromatic amines is 3. The minimum atomic E-state index is 0.130. The van der Waals surface area contributed by atoms with Crippen molar-refractivity contribution in [2.24, 2.45) is 4.99 Å². The number of aromatic nitrogens is 12. The van der Waals surface area contributed by atoms with Crippen LogP contribution >= 0.6 is 0 Å². The Balaban J connectivity index is 1.28. The zero-order valence-corrected chi connectivity index (χ0v) is 22.9. The average molecular weight is 558 g/mol. The van der Waals surface area contributed by atoms with Gasteiger partial charge in [0.15, 0.2) is 17.5 Å². The molecule has 0 saturated carbocycles. The van der Waals surface area contributed by atoms with E-state index in [0.29, 0.717) is 37.1 Å². The zero-order chi connectivity index (χ0) is 27.4. The minimum Gasteiger partial charge on any atom is -0.306 e. The zero-order valence-electron chi connectivity index (χ0n) is 22.9. The molecule has 0 aliphatic carbocycles. The standard InChI is InChI=1S/C21H39N19/c1-2-17-22-18(24-23-17)13-37-5-3-6-39(15-20-27-33-34-28-20)11-12-40(16-21-29-35-36-30-21)8-4-7-38(10-9-37)14-19-25-31-32-26-19/h17,23H,2-16H2,1H3,(H,22,24)(H,25,26,31,32)(H,27,28,33,34)(H,29,30,35,36). The Bertz CT molecular complexity index is 1100. The molecule has 5 rings (SSSR count). The predicted octanol–water partition coefficient (Wildman–Crippen LogP) is -2.63. The number of H-pyrrole nitrogens is 3. The summed E-state index contributed by atoms with van der Waals surface area (Å²) in [5.41, 5.74) is 6.52. The molecule has 1 atom stereocenters. The van der Waals surface area contributed by atoms with Gasteiger partial charge in [-0.3, -0.25) is 19.6 Å². The van der Waals surface area contributed by atoms with E-state index in [-0.39, 0.29) is 6.17 Å². The van der Waals surface area contributed by atoms with Crippen molar-refractivity contribution in [3.05, 3.63) is 17.5 Å². The lowest BCUT2D eigenvalue weighted by molar-refractivity contribution is 0.152. The second-order valence-corrected chi connectivity index (χ2v) is 10.1. The van der Waals surface area contributed by atoms with Gasteiger partial charge in [-0.05, 0) is 45.4 Å². The number of rotatable bonds is 9. The van der Waals surface area contributed by atoms with Gasteiger partial charge in [0.25, 0.3) is 0 Å². The fraction of sp³-hybridized carbons (Fsp3) is 0.810. The van der Waals surface area contributed by atoms with Gasteiger partial charge in [-0.1, -0.05) is 22.6 Å². The molecule has 1 saturated heterocycles. The smallest absolute Gasteiger partial charge is 0.188 e. The molecule has 3 aromatic heterocycles. The van der Waals surface area contributed by atoms with Crippen LogP contribution in [0.1, 0.15) is 43.7 Å². The Kier molecular flexibility index (Phi) is 10.3. The van der Waals surface area contributed by atoms with Crippen LogP contribution in [-0.2, 0) is 19.6 Å². The molecule has 0 radical (unpaired) electrons. The number of nitrogens with zero attached hydrogens (tertiary/aromatic N) is 14. The van der Waals surface area contributed by atoms with Crippen LogP contribution in [0, 0.1) is 0 Å². The molecule has 0 bridgehead atoms. The summed E-state index contributed by atoms with van der Waals surface area (Å²) < 4.78 is 0. The van der Waals surface area contributed by atoms with Crippen molar-refractivity contribution in [2.45, 2.75) is 52.0 Å². The monoisotopic (exact) mass is 557 g/mol. The second kappa shape index (κ2) is 14.7. The van der Waals surface area contributed by atoms with Crippen molar-refractivity contribution < 1.29 is 0 Å². The molecule has 5 N–H and O–H groups in total. The first-order chi connectivity index (χ1) is 19.7. The van der Waals surface area contributed by atoms with Crippen molar-refractivity contribution in [2.75, 3.05) is 58.9 Å². The highest BCUT2D eigenvalue weighted by Gasteiger charge is 2.20. The highest BCUT2D eigenvalue weighted by atomic mass is 15.5. The Morgan fingerprint density at radius 3 is 1.38 bits per heavy atom. The SMILES string of the molecule is CCC1N=C(CN2CCCN(Cc3nn[nH]n3)CCN(Cc3nn[nH]n3)CCCN(Cc3nn[nH]n3)CC2)NN1. The molecule has 40 heavy (non-hydrogen) atoms. The molecule has 0 spiro atoms. The molecule has 3 aromatic rings. The third-order valence-electron chi connectivity index (χ3n) is 7.08. The van der Waals surface area contributed by atoms with Crippen LogP contribution in [0.2, 0.25) is 0 Å². The summed E-state index contributed by atoms with van der Waals surface area (Å²) in [4.78, 5) is 14.4. The normalized spacial score (nSPS) is 21.7. The van der Waals surface area contributed by atoms with Gasteiger partial charge in [-0.2, -0.15) is 15.6 Å². The molecule has 0 aromatic carbocycles. The van der Waals surface area contributed by atoms with E-state index in [4.69, 9.17) is 4.99 Å². The van der Waals surface area contributed by atoms with E-state index < -0.39 is 0 Å². The van der Waals surface area contributed by atoms with Crippen LogP contribution in [0.15, 0.2) is 4.99 Å². The molecule has 2 aliphatic rings. The van der Waals surface area contributed by atoms with Crippen LogP contribution in [0.5, 0.6) is 0 Å². The summed E-state index contributed by atoms with van der Waals surface area (Å²) in [5, 5.41) is 44.0. The van der Waals surface area contributed by atoms with Crippen molar-refractivity contribution in [3.63, 3.8) is 0 Å². The van der Waals surface area contributed by atoms with Gasteiger partial charge < -0.3 is 5.43 Å². The first-order valence-electron chi connectivity index (χ1n) is 13.9. The molecule has 218 valence electrons. The van der Waals surface area contributed by atoms with E-state index in [1.807, 2.05) is 0 Å². The first-order valence-corrected chi connectivity index (χ1v) is 13.9. The summed E-state index contributed by atoms with van der Waals surface area (Å²) in [7, 11) is 0. The van der Waals surface area contributed by atoms with E-state index in [1.54, 1.807) is 0 Å². The number of hydrogen-bond donors (Lipinski definition) is 5. The van der Waals surface area contributed by atoms with Gasteiger partial charge in [0.1, 0.15) is 12.0 Å².